The van der Waals surface area contributed by atoms with Crippen molar-refractivity contribution >= 4 is 23.9 Å². The first-order valence-corrected chi connectivity index (χ1v) is 4.81. The van der Waals surface area contributed by atoms with E-state index in [-0.39, 0.29) is 5.96 Å². The second-order valence-corrected chi connectivity index (χ2v) is 3.45. The summed E-state index contributed by atoms with van der Waals surface area (Å²) in [4.78, 5) is 30.3. The van der Waals surface area contributed by atoms with Crippen LogP contribution in [0.4, 0.5) is 0 Å². The quantitative estimate of drug-likeness (QED) is 0.150. The lowest BCUT2D eigenvalue weighted by Gasteiger charge is -2.11. The maximum atomic E-state index is 11.1. The van der Waals surface area contributed by atoms with Gasteiger partial charge in [-0.2, -0.15) is 4.99 Å². The minimum atomic E-state index is -2.33. The largest absolute Gasteiger partial charge is 0.479 e. The number of rotatable bonds is 4. The molecular formula is C8H15N5O6. The molecule has 0 aromatic carbocycles. The molecule has 0 saturated carbocycles. The van der Waals surface area contributed by atoms with Crippen molar-refractivity contribution in [1.82, 2.24) is 4.90 Å². The predicted octanol–water partition coefficient (Wildman–Crippen LogP) is -3.56. The molecule has 0 aromatic heterocycles. The number of carbonyl (C=O) groups is 2. The van der Waals surface area contributed by atoms with Gasteiger partial charge in [-0.1, -0.05) is 0 Å². The number of carbonyl (C=O) groups excluding carboxylic acids is 1. The molecular weight excluding hydrogens is 262 g/mol. The van der Waals surface area contributed by atoms with Crippen molar-refractivity contribution in [2.24, 2.45) is 21.6 Å². The van der Waals surface area contributed by atoms with E-state index in [9.17, 15) is 9.59 Å². The second kappa shape index (κ2) is 7.13. The molecule has 0 radical (unpaired) electrons. The van der Waals surface area contributed by atoms with Gasteiger partial charge < -0.3 is 36.5 Å². The van der Waals surface area contributed by atoms with Crippen LogP contribution in [-0.4, -0.2) is 70.4 Å². The molecule has 11 nitrogen and oxygen atoms in total. The Morgan fingerprint density at radius 2 is 1.74 bits per heavy atom. The SMILES string of the molecule is CN(C)C(N)=NC(N)=NOC(=O)C(O)C(O)C(=O)O. The molecule has 0 rings (SSSR count). The van der Waals surface area contributed by atoms with Crippen LogP contribution in [0.5, 0.6) is 0 Å². The highest BCUT2D eigenvalue weighted by molar-refractivity contribution is 5.93. The highest BCUT2D eigenvalue weighted by Gasteiger charge is 2.31. The lowest BCUT2D eigenvalue weighted by atomic mass is 10.2. The first kappa shape index (κ1) is 16.6. The van der Waals surface area contributed by atoms with Crippen LogP contribution < -0.4 is 11.5 Å². The molecule has 108 valence electrons. The molecule has 0 aliphatic heterocycles. The summed E-state index contributed by atoms with van der Waals surface area (Å²) >= 11 is 0. The Morgan fingerprint density at radius 3 is 2.16 bits per heavy atom. The van der Waals surface area contributed by atoms with E-state index in [2.05, 4.69) is 15.0 Å². The van der Waals surface area contributed by atoms with Crippen LogP contribution in [0.1, 0.15) is 0 Å². The zero-order valence-corrected chi connectivity index (χ0v) is 10.2. The highest BCUT2D eigenvalue weighted by atomic mass is 16.7. The minimum Gasteiger partial charge on any atom is -0.479 e. The molecule has 11 heteroatoms. The number of aliphatic imine (C=N–C) groups is 1. The maximum absolute atomic E-state index is 11.1. The zero-order chi connectivity index (χ0) is 15.2. The van der Waals surface area contributed by atoms with Gasteiger partial charge in [0.15, 0.2) is 18.2 Å². The van der Waals surface area contributed by atoms with Gasteiger partial charge in [0.1, 0.15) is 0 Å². The minimum absolute atomic E-state index is 0.0246. The molecule has 0 amide bonds. The van der Waals surface area contributed by atoms with E-state index in [4.69, 9.17) is 26.8 Å². The Kier molecular flexibility index (Phi) is 6.23. The van der Waals surface area contributed by atoms with Crippen molar-refractivity contribution in [3.05, 3.63) is 0 Å². The number of aliphatic carboxylic acids is 1. The van der Waals surface area contributed by atoms with Gasteiger partial charge in [-0.25, -0.2) is 9.59 Å². The van der Waals surface area contributed by atoms with E-state index in [0.29, 0.717) is 0 Å². The van der Waals surface area contributed by atoms with Gasteiger partial charge in [0.05, 0.1) is 0 Å². The van der Waals surface area contributed by atoms with Gasteiger partial charge in [0.25, 0.3) is 5.96 Å². The summed E-state index contributed by atoms with van der Waals surface area (Å²) < 4.78 is 0. The number of aliphatic hydroxyl groups is 2. The highest BCUT2D eigenvalue weighted by Crippen LogP contribution is 1.97. The number of hydrogen-bond acceptors (Lipinski definition) is 6. The molecule has 0 heterocycles. The van der Waals surface area contributed by atoms with Crippen molar-refractivity contribution in [3.63, 3.8) is 0 Å². The third-order valence-corrected chi connectivity index (χ3v) is 1.71. The number of carboxylic acids is 1. The molecule has 7 N–H and O–H groups in total. The molecule has 0 aliphatic carbocycles. The molecule has 0 aromatic rings. The number of hydrogen-bond donors (Lipinski definition) is 5. The van der Waals surface area contributed by atoms with Gasteiger partial charge in [-0.05, 0) is 5.16 Å². The maximum Gasteiger partial charge on any atom is 0.366 e. The Bertz CT molecular complexity index is 406. The molecule has 0 spiro atoms. The fraction of sp³-hybridized carbons (Fsp3) is 0.500. The van der Waals surface area contributed by atoms with Crippen LogP contribution >= 0.6 is 0 Å². The van der Waals surface area contributed by atoms with Crippen LogP contribution in [0.15, 0.2) is 10.1 Å². The van der Waals surface area contributed by atoms with E-state index in [1.807, 2.05) is 0 Å². The molecule has 2 unspecified atom stereocenters. The van der Waals surface area contributed by atoms with E-state index < -0.39 is 30.1 Å². The third kappa shape index (κ3) is 5.65. The van der Waals surface area contributed by atoms with Crippen LogP contribution in [0.25, 0.3) is 0 Å². The zero-order valence-electron chi connectivity index (χ0n) is 10.2. The number of guanidine groups is 2. The Balaban J connectivity index is 4.59. The third-order valence-electron chi connectivity index (χ3n) is 1.71. The first-order valence-electron chi connectivity index (χ1n) is 4.81. The fourth-order valence-electron chi connectivity index (χ4n) is 0.647. The molecule has 0 aliphatic rings. The molecule has 0 fully saturated rings. The van der Waals surface area contributed by atoms with Gasteiger partial charge in [-0.15, -0.1) is 0 Å². The van der Waals surface area contributed by atoms with Crippen molar-refractivity contribution in [1.29, 1.82) is 0 Å². The number of nitrogens with two attached hydrogens (primary N) is 2. The van der Waals surface area contributed by atoms with Gasteiger partial charge >= 0.3 is 11.9 Å². The lowest BCUT2D eigenvalue weighted by Crippen LogP contribution is -2.40. The van der Waals surface area contributed by atoms with Crippen molar-refractivity contribution in [3.8, 4) is 0 Å². The lowest BCUT2D eigenvalue weighted by molar-refractivity contribution is -0.169. The summed E-state index contributed by atoms with van der Waals surface area (Å²) in [6.07, 6.45) is -4.64. The Morgan fingerprint density at radius 1 is 1.21 bits per heavy atom. The normalized spacial score (nSPS) is 15.6. The average molecular weight is 277 g/mol. The average Bonchev–Trinajstić information content (AvgIpc) is 2.33. The van der Waals surface area contributed by atoms with Crippen LogP contribution in [0, 0.1) is 0 Å². The van der Waals surface area contributed by atoms with Gasteiger partial charge in [0, 0.05) is 14.1 Å². The van der Waals surface area contributed by atoms with Crippen molar-refractivity contribution in [2.45, 2.75) is 12.2 Å². The van der Waals surface area contributed by atoms with E-state index >= 15 is 0 Å². The van der Waals surface area contributed by atoms with Crippen LogP contribution in [-0.2, 0) is 14.4 Å². The summed E-state index contributed by atoms with van der Waals surface area (Å²) in [6, 6.07) is 0. The summed E-state index contributed by atoms with van der Waals surface area (Å²) in [5.74, 6) is -3.85. The molecule has 19 heavy (non-hydrogen) atoms. The second-order valence-electron chi connectivity index (χ2n) is 3.45. The summed E-state index contributed by atoms with van der Waals surface area (Å²) in [7, 11) is 3.15. The van der Waals surface area contributed by atoms with E-state index in [0.717, 1.165) is 0 Å². The number of aliphatic hydroxyl groups excluding tert-OH is 2. The Hall–Kier alpha value is -2.40. The van der Waals surface area contributed by atoms with Crippen molar-refractivity contribution in [2.75, 3.05) is 14.1 Å². The topological polar surface area (TPSA) is 184 Å². The summed E-state index contributed by atoms with van der Waals surface area (Å²) in [6.45, 7) is 0. The van der Waals surface area contributed by atoms with Gasteiger partial charge in [0.2, 0.25) is 0 Å². The van der Waals surface area contributed by atoms with Gasteiger partial charge in [-0.3, -0.25) is 0 Å². The Labute approximate surface area is 107 Å². The van der Waals surface area contributed by atoms with Crippen LogP contribution in [0.3, 0.4) is 0 Å². The number of carboxylic acid groups (broad SMARTS) is 1. The summed E-state index contributed by atoms with van der Waals surface area (Å²) in [5, 5.41) is 29.3. The molecule has 0 saturated heterocycles. The standard InChI is InChI=1S/C8H15N5O6/c1-13(2)8(10)11-7(9)12-19-6(18)4(15)3(14)5(16)17/h3-4,14-15H,1-2H3,(H,16,17)(H4,9,10,11,12). The molecule has 0 bridgehead atoms. The predicted molar refractivity (Wildman–Crippen MR) is 62.7 cm³/mol. The number of oxime groups is 1. The van der Waals surface area contributed by atoms with E-state index in [1.165, 1.54) is 4.90 Å². The smallest absolute Gasteiger partial charge is 0.366 e. The monoisotopic (exact) mass is 277 g/mol. The van der Waals surface area contributed by atoms with Crippen molar-refractivity contribution < 1.29 is 29.7 Å². The number of nitrogens with zero attached hydrogens (tertiary/aromatic N) is 3. The van der Waals surface area contributed by atoms with Crippen LogP contribution in [0.2, 0.25) is 0 Å². The van der Waals surface area contributed by atoms with E-state index in [1.54, 1.807) is 14.1 Å². The fourth-order valence-corrected chi connectivity index (χ4v) is 0.647. The summed E-state index contributed by atoms with van der Waals surface area (Å²) in [5.41, 5.74) is 10.6. The first-order chi connectivity index (χ1) is 8.66. The molecule has 2 atom stereocenters.